The molecular formula is C21H28N4O2. The van der Waals surface area contributed by atoms with Crippen molar-refractivity contribution in [2.45, 2.75) is 26.7 Å². The average molecular weight is 368 g/mol. The zero-order valence-electron chi connectivity index (χ0n) is 16.4. The van der Waals surface area contributed by atoms with Crippen LogP contribution in [-0.4, -0.2) is 54.3 Å². The summed E-state index contributed by atoms with van der Waals surface area (Å²) in [7, 11) is 1.66. The highest BCUT2D eigenvalue weighted by Crippen LogP contribution is 2.28. The molecule has 1 aromatic heterocycles. The fourth-order valence-corrected chi connectivity index (χ4v) is 3.55. The summed E-state index contributed by atoms with van der Waals surface area (Å²) in [5.41, 5.74) is 1.72. The predicted molar refractivity (Wildman–Crippen MR) is 107 cm³/mol. The molecular weight excluding hydrogens is 340 g/mol. The van der Waals surface area contributed by atoms with Gasteiger partial charge in [-0.3, -0.25) is 4.79 Å². The van der Waals surface area contributed by atoms with Gasteiger partial charge in [0.05, 0.1) is 12.8 Å². The van der Waals surface area contributed by atoms with Crippen molar-refractivity contribution in [2.75, 3.05) is 38.2 Å². The Hall–Kier alpha value is -2.63. The molecule has 0 atom stereocenters. The molecule has 2 aromatic rings. The number of hydrogen-bond donors (Lipinski definition) is 0. The van der Waals surface area contributed by atoms with E-state index in [1.165, 1.54) is 0 Å². The summed E-state index contributed by atoms with van der Waals surface area (Å²) in [5, 5.41) is 8.80. The Labute approximate surface area is 161 Å². The molecule has 6 nitrogen and oxygen atoms in total. The second-order valence-electron chi connectivity index (χ2n) is 6.80. The van der Waals surface area contributed by atoms with Crippen molar-refractivity contribution in [3.63, 3.8) is 0 Å². The number of piperazine rings is 1. The largest absolute Gasteiger partial charge is 0.496 e. The van der Waals surface area contributed by atoms with Gasteiger partial charge in [-0.05, 0) is 37.1 Å². The zero-order chi connectivity index (χ0) is 19.2. The third-order valence-corrected chi connectivity index (χ3v) is 5.28. The average Bonchev–Trinajstić information content (AvgIpc) is 2.74. The minimum Gasteiger partial charge on any atom is -0.496 e. The van der Waals surface area contributed by atoms with Crippen molar-refractivity contribution in [2.24, 2.45) is 5.92 Å². The number of amides is 1. The van der Waals surface area contributed by atoms with Crippen molar-refractivity contribution in [3.05, 3.63) is 36.4 Å². The molecule has 0 bridgehead atoms. The second kappa shape index (κ2) is 8.84. The van der Waals surface area contributed by atoms with Gasteiger partial charge in [0, 0.05) is 37.7 Å². The molecule has 0 N–H and O–H groups in total. The number of carbonyl (C=O) groups is 1. The molecule has 1 aliphatic rings. The lowest BCUT2D eigenvalue weighted by Crippen LogP contribution is -2.50. The van der Waals surface area contributed by atoms with Gasteiger partial charge in [-0.15, -0.1) is 10.2 Å². The van der Waals surface area contributed by atoms with Crippen molar-refractivity contribution in [3.8, 4) is 17.0 Å². The molecule has 1 fully saturated rings. The highest BCUT2D eigenvalue weighted by molar-refractivity contribution is 5.79. The van der Waals surface area contributed by atoms with Gasteiger partial charge in [0.1, 0.15) is 5.75 Å². The van der Waals surface area contributed by atoms with Crippen LogP contribution in [0.5, 0.6) is 5.75 Å². The molecule has 1 saturated heterocycles. The summed E-state index contributed by atoms with van der Waals surface area (Å²) < 4.78 is 5.40. The van der Waals surface area contributed by atoms with Crippen molar-refractivity contribution in [1.82, 2.24) is 15.1 Å². The Morgan fingerprint density at radius 1 is 1.04 bits per heavy atom. The Bertz CT molecular complexity index is 751. The van der Waals surface area contributed by atoms with E-state index in [9.17, 15) is 4.79 Å². The molecule has 0 spiro atoms. The summed E-state index contributed by atoms with van der Waals surface area (Å²) in [6.07, 6.45) is 1.82. The summed E-state index contributed by atoms with van der Waals surface area (Å²) in [4.78, 5) is 16.7. The van der Waals surface area contributed by atoms with Crippen molar-refractivity contribution >= 4 is 11.7 Å². The SMILES string of the molecule is CCC(CC)C(=O)N1CCN(c2ccc(-c3ccccc3OC)nn2)CC1. The Morgan fingerprint density at radius 2 is 1.74 bits per heavy atom. The van der Waals surface area contributed by atoms with E-state index >= 15 is 0 Å². The number of ether oxygens (including phenoxy) is 1. The van der Waals surface area contributed by atoms with Gasteiger partial charge >= 0.3 is 0 Å². The maximum Gasteiger partial charge on any atom is 0.225 e. The first-order valence-corrected chi connectivity index (χ1v) is 9.68. The molecule has 0 unspecified atom stereocenters. The quantitative estimate of drug-likeness (QED) is 0.783. The van der Waals surface area contributed by atoms with Crippen LogP contribution in [0.2, 0.25) is 0 Å². The van der Waals surface area contributed by atoms with Gasteiger partial charge in [0.15, 0.2) is 5.82 Å². The first kappa shape index (κ1) is 19.1. The molecule has 2 heterocycles. The smallest absolute Gasteiger partial charge is 0.225 e. The van der Waals surface area contributed by atoms with Gasteiger partial charge < -0.3 is 14.5 Å². The zero-order valence-corrected chi connectivity index (χ0v) is 16.4. The fraction of sp³-hybridized carbons (Fsp3) is 0.476. The number of carbonyl (C=O) groups excluding carboxylic acids is 1. The van der Waals surface area contributed by atoms with E-state index < -0.39 is 0 Å². The summed E-state index contributed by atoms with van der Waals surface area (Å²) in [5.74, 6) is 2.07. The second-order valence-corrected chi connectivity index (χ2v) is 6.80. The number of nitrogens with zero attached hydrogens (tertiary/aromatic N) is 4. The summed E-state index contributed by atoms with van der Waals surface area (Å²) in [6, 6.07) is 11.8. The Balaban J connectivity index is 1.65. The lowest BCUT2D eigenvalue weighted by Gasteiger charge is -2.36. The minimum absolute atomic E-state index is 0.150. The third kappa shape index (κ3) is 4.21. The molecule has 0 aliphatic carbocycles. The maximum atomic E-state index is 12.5. The number of anilines is 1. The van der Waals surface area contributed by atoms with Crippen LogP contribution >= 0.6 is 0 Å². The Morgan fingerprint density at radius 3 is 2.33 bits per heavy atom. The highest BCUT2D eigenvalue weighted by atomic mass is 16.5. The number of benzene rings is 1. The number of rotatable bonds is 6. The molecule has 6 heteroatoms. The molecule has 144 valence electrons. The topological polar surface area (TPSA) is 58.6 Å². The van der Waals surface area contributed by atoms with Crippen LogP contribution in [0.15, 0.2) is 36.4 Å². The van der Waals surface area contributed by atoms with Crippen LogP contribution < -0.4 is 9.64 Å². The molecule has 0 saturated carbocycles. The van der Waals surface area contributed by atoms with E-state index in [1.807, 2.05) is 41.3 Å². The van der Waals surface area contributed by atoms with Crippen LogP contribution in [0.3, 0.4) is 0 Å². The maximum absolute atomic E-state index is 12.5. The van der Waals surface area contributed by atoms with Crippen molar-refractivity contribution in [1.29, 1.82) is 0 Å². The van der Waals surface area contributed by atoms with Crippen LogP contribution in [0.25, 0.3) is 11.3 Å². The van der Waals surface area contributed by atoms with Gasteiger partial charge in [-0.25, -0.2) is 0 Å². The van der Waals surface area contributed by atoms with E-state index in [4.69, 9.17) is 4.74 Å². The number of hydrogen-bond acceptors (Lipinski definition) is 5. The normalized spacial score (nSPS) is 14.5. The lowest BCUT2D eigenvalue weighted by atomic mass is 10.0. The number of aromatic nitrogens is 2. The van der Waals surface area contributed by atoms with Crippen LogP contribution in [-0.2, 0) is 4.79 Å². The number of para-hydroxylation sites is 1. The van der Waals surface area contributed by atoms with E-state index in [1.54, 1.807) is 7.11 Å². The van der Waals surface area contributed by atoms with Gasteiger partial charge in [0.2, 0.25) is 5.91 Å². The van der Waals surface area contributed by atoms with Gasteiger partial charge in [0.25, 0.3) is 0 Å². The minimum atomic E-state index is 0.150. The van der Waals surface area contributed by atoms with Gasteiger partial charge in [-0.2, -0.15) is 0 Å². The molecule has 0 radical (unpaired) electrons. The number of methoxy groups -OCH3 is 1. The molecule has 1 aliphatic heterocycles. The van der Waals surface area contributed by atoms with Crippen LogP contribution in [0.4, 0.5) is 5.82 Å². The first-order chi connectivity index (χ1) is 13.2. The Kier molecular flexibility index (Phi) is 6.27. The van der Waals surface area contributed by atoms with E-state index in [-0.39, 0.29) is 11.8 Å². The molecule has 27 heavy (non-hydrogen) atoms. The first-order valence-electron chi connectivity index (χ1n) is 9.68. The predicted octanol–water partition coefficient (Wildman–Crippen LogP) is 3.24. The summed E-state index contributed by atoms with van der Waals surface area (Å²) >= 11 is 0. The molecule has 1 aromatic carbocycles. The van der Waals surface area contributed by atoms with E-state index in [2.05, 4.69) is 28.9 Å². The van der Waals surface area contributed by atoms with E-state index in [0.29, 0.717) is 0 Å². The fourth-order valence-electron chi connectivity index (χ4n) is 3.55. The van der Waals surface area contributed by atoms with Gasteiger partial charge in [-0.1, -0.05) is 26.0 Å². The monoisotopic (exact) mass is 368 g/mol. The molecule has 1 amide bonds. The lowest BCUT2D eigenvalue weighted by molar-refractivity contribution is -0.136. The highest BCUT2D eigenvalue weighted by Gasteiger charge is 2.26. The van der Waals surface area contributed by atoms with Crippen LogP contribution in [0.1, 0.15) is 26.7 Å². The summed E-state index contributed by atoms with van der Waals surface area (Å²) in [6.45, 7) is 7.22. The van der Waals surface area contributed by atoms with E-state index in [0.717, 1.165) is 61.8 Å². The molecule has 3 rings (SSSR count). The third-order valence-electron chi connectivity index (χ3n) is 5.28. The van der Waals surface area contributed by atoms with Crippen molar-refractivity contribution < 1.29 is 9.53 Å². The standard InChI is InChI=1S/C21H28N4O2/c1-4-16(5-2)21(26)25-14-12-24(13-15-25)20-11-10-18(22-23-20)17-8-6-7-9-19(17)27-3/h6-11,16H,4-5,12-15H2,1-3H3. The van der Waals surface area contributed by atoms with Crippen LogP contribution in [0, 0.1) is 5.92 Å².